The Bertz CT molecular complexity index is 1280. The van der Waals surface area contributed by atoms with Gasteiger partial charge in [0.15, 0.2) is 0 Å². The Labute approximate surface area is 171 Å². The normalized spacial score (nSPS) is 14.0. The van der Waals surface area contributed by atoms with Crippen molar-refractivity contribution in [2.45, 2.75) is 32.6 Å². The number of imidazole rings is 1. The summed E-state index contributed by atoms with van der Waals surface area (Å²) < 4.78 is 14.4. The van der Waals surface area contributed by atoms with Gasteiger partial charge in [0, 0.05) is 6.20 Å². The third kappa shape index (κ3) is 3.28. The van der Waals surface area contributed by atoms with Crippen LogP contribution in [0.2, 0.25) is 0 Å². The molecule has 0 radical (unpaired) electrons. The fraction of sp³-hybridized carbons (Fsp3) is 0.286. The maximum Gasteiger partial charge on any atom is 0.267 e. The molecule has 1 fully saturated rings. The third-order valence-electron chi connectivity index (χ3n) is 5.06. The predicted molar refractivity (Wildman–Crippen MR) is 113 cm³/mol. The number of benzene rings is 1. The van der Waals surface area contributed by atoms with Crippen LogP contribution < -0.4 is 9.74 Å². The Morgan fingerprint density at radius 1 is 1.24 bits per heavy atom. The fourth-order valence-corrected chi connectivity index (χ4v) is 3.79. The summed E-state index contributed by atoms with van der Waals surface area (Å²) in [6.07, 6.45) is 5.86. The molecule has 29 heavy (non-hydrogen) atoms. The molecule has 0 N–H and O–H groups in total. The van der Waals surface area contributed by atoms with Crippen LogP contribution in [0.5, 0.6) is 5.88 Å². The molecular formula is C21H20N4O3S. The zero-order valence-corrected chi connectivity index (χ0v) is 17.0. The Morgan fingerprint density at radius 3 is 2.90 bits per heavy atom. The Hall–Kier alpha value is -2.84. The average Bonchev–Trinajstić information content (AvgIpc) is 3.51. The summed E-state index contributed by atoms with van der Waals surface area (Å²) in [5, 5.41) is 0.548. The average molecular weight is 408 g/mol. The maximum absolute atomic E-state index is 13.2. The second-order valence-electron chi connectivity index (χ2n) is 7.20. The molecule has 3 aromatic heterocycles. The minimum atomic E-state index is -0.184. The summed E-state index contributed by atoms with van der Waals surface area (Å²) in [5.41, 5.74) is 3.46. The van der Waals surface area contributed by atoms with Crippen molar-refractivity contribution >= 4 is 28.9 Å². The van der Waals surface area contributed by atoms with E-state index in [1.165, 1.54) is 29.3 Å². The van der Waals surface area contributed by atoms with E-state index in [1.54, 1.807) is 0 Å². The summed E-state index contributed by atoms with van der Waals surface area (Å²) >= 11 is 0.873. The second-order valence-corrected chi connectivity index (χ2v) is 7.74. The van der Waals surface area contributed by atoms with Crippen LogP contribution in [0.25, 0.3) is 22.4 Å². The van der Waals surface area contributed by atoms with Crippen molar-refractivity contribution in [1.82, 2.24) is 18.9 Å². The summed E-state index contributed by atoms with van der Waals surface area (Å²) in [7, 11) is 0. The SMILES string of the molecule is CCOSOc1c(-n2cnc3ccc(C)cc3c2=O)nc2cc(C3CC3)ccn12. The molecule has 148 valence electrons. The Balaban J connectivity index is 1.70. The number of aryl methyl sites for hydroxylation is 1. The third-order valence-corrected chi connectivity index (χ3v) is 5.62. The van der Waals surface area contributed by atoms with E-state index < -0.39 is 0 Å². The molecule has 7 nitrogen and oxygen atoms in total. The van der Waals surface area contributed by atoms with Crippen LogP contribution >= 0.6 is 12.3 Å². The quantitative estimate of drug-likeness (QED) is 0.352. The molecule has 1 aliphatic rings. The first kappa shape index (κ1) is 18.2. The van der Waals surface area contributed by atoms with Gasteiger partial charge in [-0.15, -0.1) is 0 Å². The van der Waals surface area contributed by atoms with E-state index in [9.17, 15) is 4.79 Å². The molecular weight excluding hydrogens is 388 g/mol. The van der Waals surface area contributed by atoms with Crippen LogP contribution in [0.3, 0.4) is 0 Å². The van der Waals surface area contributed by atoms with E-state index >= 15 is 0 Å². The Morgan fingerprint density at radius 2 is 2.10 bits per heavy atom. The van der Waals surface area contributed by atoms with Crippen LogP contribution in [0.15, 0.2) is 47.7 Å². The van der Waals surface area contributed by atoms with Crippen LogP contribution in [0.4, 0.5) is 0 Å². The van der Waals surface area contributed by atoms with Crippen LogP contribution in [0.1, 0.15) is 36.8 Å². The molecule has 1 saturated carbocycles. The van der Waals surface area contributed by atoms with E-state index in [-0.39, 0.29) is 5.56 Å². The highest BCUT2D eigenvalue weighted by molar-refractivity contribution is 7.90. The maximum atomic E-state index is 13.2. The van der Waals surface area contributed by atoms with E-state index in [2.05, 4.69) is 17.1 Å². The fourth-order valence-electron chi connectivity index (χ4n) is 3.42. The molecule has 1 aliphatic carbocycles. The smallest absolute Gasteiger partial charge is 0.267 e. The van der Waals surface area contributed by atoms with E-state index in [0.717, 1.165) is 23.5 Å². The van der Waals surface area contributed by atoms with Gasteiger partial charge in [0.1, 0.15) is 12.0 Å². The van der Waals surface area contributed by atoms with Gasteiger partial charge >= 0.3 is 0 Å². The number of nitrogens with zero attached hydrogens (tertiary/aromatic N) is 4. The lowest BCUT2D eigenvalue weighted by Crippen LogP contribution is -2.19. The van der Waals surface area contributed by atoms with Crippen molar-refractivity contribution in [2.24, 2.45) is 0 Å². The number of aromatic nitrogens is 4. The van der Waals surface area contributed by atoms with Gasteiger partial charge < -0.3 is 4.18 Å². The largest absolute Gasteiger partial charge is 0.377 e. The van der Waals surface area contributed by atoms with Gasteiger partial charge in [-0.2, -0.15) is 0 Å². The van der Waals surface area contributed by atoms with Gasteiger partial charge in [-0.1, -0.05) is 11.6 Å². The second kappa shape index (κ2) is 7.20. The predicted octanol–water partition coefficient (Wildman–Crippen LogP) is 4.20. The number of pyridine rings is 1. The molecule has 1 aromatic carbocycles. The Kier molecular flexibility index (Phi) is 4.52. The number of hydrogen-bond acceptors (Lipinski definition) is 6. The minimum Gasteiger partial charge on any atom is -0.377 e. The van der Waals surface area contributed by atoms with Gasteiger partial charge in [0.25, 0.3) is 11.4 Å². The van der Waals surface area contributed by atoms with Crippen molar-refractivity contribution in [3.05, 3.63) is 64.3 Å². The molecule has 0 amide bonds. The van der Waals surface area contributed by atoms with E-state index in [1.807, 2.05) is 42.6 Å². The molecule has 0 aliphatic heterocycles. The topological polar surface area (TPSA) is 70.7 Å². The van der Waals surface area contributed by atoms with Crippen molar-refractivity contribution in [3.8, 4) is 11.7 Å². The van der Waals surface area contributed by atoms with Crippen molar-refractivity contribution in [1.29, 1.82) is 0 Å². The molecule has 3 heterocycles. The van der Waals surface area contributed by atoms with Gasteiger partial charge in [0.05, 0.1) is 17.5 Å². The van der Waals surface area contributed by atoms with Gasteiger partial charge in [0.2, 0.25) is 18.1 Å². The lowest BCUT2D eigenvalue weighted by molar-refractivity contribution is 0.366. The van der Waals surface area contributed by atoms with E-state index in [0.29, 0.717) is 35.1 Å². The van der Waals surface area contributed by atoms with Gasteiger partial charge in [-0.05, 0) is 62.4 Å². The summed E-state index contributed by atoms with van der Waals surface area (Å²) in [5.74, 6) is 1.43. The van der Waals surface area contributed by atoms with Crippen LogP contribution in [-0.4, -0.2) is 25.5 Å². The van der Waals surface area contributed by atoms with E-state index in [4.69, 9.17) is 13.4 Å². The monoisotopic (exact) mass is 408 g/mol. The zero-order chi connectivity index (χ0) is 20.0. The lowest BCUT2D eigenvalue weighted by Gasteiger charge is -2.08. The molecule has 5 rings (SSSR count). The standard InChI is InChI=1S/C21H20N4O3S/c1-3-27-29-28-21-19(23-18-11-15(14-5-6-14)8-9-24(18)21)25-12-22-17-7-4-13(2)10-16(17)20(25)26/h4,7-12,14H,3,5-6H2,1-2H3. The summed E-state index contributed by atoms with van der Waals surface area (Å²) in [6.45, 7) is 4.33. The number of rotatable bonds is 6. The van der Waals surface area contributed by atoms with Crippen molar-refractivity contribution in [3.63, 3.8) is 0 Å². The van der Waals surface area contributed by atoms with Crippen LogP contribution in [-0.2, 0) is 4.18 Å². The molecule has 0 unspecified atom stereocenters. The van der Waals surface area contributed by atoms with Gasteiger partial charge in [-0.25, -0.2) is 14.5 Å². The zero-order valence-electron chi connectivity index (χ0n) is 16.2. The molecule has 0 saturated heterocycles. The lowest BCUT2D eigenvalue weighted by atomic mass is 10.2. The minimum absolute atomic E-state index is 0.184. The molecule has 4 aromatic rings. The highest BCUT2D eigenvalue weighted by Crippen LogP contribution is 2.41. The molecule has 8 heteroatoms. The molecule has 0 bridgehead atoms. The first-order valence-corrected chi connectivity index (χ1v) is 10.3. The molecule has 0 atom stereocenters. The number of fused-ring (bicyclic) bond motifs is 2. The first-order chi connectivity index (χ1) is 14.2. The molecule has 0 spiro atoms. The summed E-state index contributed by atoms with van der Waals surface area (Å²) in [6, 6.07) is 9.78. The highest BCUT2D eigenvalue weighted by atomic mass is 32.2. The number of hydrogen-bond donors (Lipinski definition) is 0. The van der Waals surface area contributed by atoms with Crippen molar-refractivity contribution < 1.29 is 8.37 Å². The van der Waals surface area contributed by atoms with Crippen LogP contribution in [0, 0.1) is 6.92 Å². The summed E-state index contributed by atoms with van der Waals surface area (Å²) in [4.78, 5) is 22.4. The highest BCUT2D eigenvalue weighted by Gasteiger charge is 2.25. The van der Waals surface area contributed by atoms with Crippen molar-refractivity contribution in [2.75, 3.05) is 6.61 Å². The van der Waals surface area contributed by atoms with Gasteiger partial charge in [-0.3, -0.25) is 13.4 Å². The first-order valence-electron chi connectivity index (χ1n) is 9.62.